The molecule has 0 N–H and O–H groups in total. The largest absolute Gasteiger partial charge is 0.309 e. The van der Waals surface area contributed by atoms with Gasteiger partial charge in [0.25, 0.3) is 0 Å². The van der Waals surface area contributed by atoms with Gasteiger partial charge < -0.3 is 18.6 Å². The van der Waals surface area contributed by atoms with Crippen molar-refractivity contribution >= 4 is 91.9 Å². The van der Waals surface area contributed by atoms with Crippen molar-refractivity contribution in [1.29, 1.82) is 10.5 Å². The van der Waals surface area contributed by atoms with Gasteiger partial charge in [-0.25, -0.2) is 4.85 Å². The van der Waals surface area contributed by atoms with E-state index in [0.717, 1.165) is 0 Å². The third-order valence-electron chi connectivity index (χ3n) is 9.65. The van der Waals surface area contributed by atoms with Gasteiger partial charge in [-0.15, -0.1) is 0 Å². The minimum atomic E-state index is -3.92. The fourth-order valence-electron chi connectivity index (χ4n) is 7.59. The minimum Gasteiger partial charge on any atom is -0.309 e. The lowest BCUT2D eigenvalue weighted by Gasteiger charge is -2.49. The first kappa shape index (κ1) is 29.4. The minimum absolute atomic E-state index is 0.160. The van der Waals surface area contributed by atoms with Gasteiger partial charge in [0.1, 0.15) is 0 Å². The number of nitriles is 2. The third kappa shape index (κ3) is 3.59. The Hall–Kier alpha value is -5.72. The van der Waals surface area contributed by atoms with Crippen LogP contribution in [0.5, 0.6) is 0 Å². The Kier molecular flexibility index (Phi) is 6.09. The molecule has 7 nitrogen and oxygen atoms in total. The van der Waals surface area contributed by atoms with Crippen molar-refractivity contribution in [2.45, 2.75) is 0 Å². The Morgan fingerprint density at radius 2 is 0.776 bits per heavy atom. The molecule has 230 valence electrons. The predicted molar refractivity (Wildman–Crippen MR) is 196 cm³/mol. The summed E-state index contributed by atoms with van der Waals surface area (Å²) in [4.78, 5) is 5.66. The first-order valence-corrected chi connectivity index (χ1v) is 20.4. The highest BCUT2D eigenvalue weighted by atomic mass is 31.2. The smallest absolute Gasteiger partial charge is 0.188 e. The summed E-state index contributed by atoms with van der Waals surface area (Å²) in [6, 6.07) is 40.8. The van der Waals surface area contributed by atoms with E-state index in [1.54, 1.807) is 109 Å². The highest BCUT2D eigenvalue weighted by molar-refractivity contribution is 7.89. The lowest BCUT2D eigenvalue weighted by molar-refractivity contribution is 0.592. The van der Waals surface area contributed by atoms with Crippen molar-refractivity contribution in [2.24, 2.45) is 0 Å². The van der Waals surface area contributed by atoms with E-state index in [1.807, 2.05) is 23.1 Å². The average molecular weight is 687 g/mol. The molecule has 3 aliphatic rings. The number of rotatable bonds is 3. The predicted octanol–water partition coefficient (Wildman–Crippen LogP) is 5.31. The fraction of sp³-hybridized carbons (Fsp3) is 0. The van der Waals surface area contributed by atoms with Crippen LogP contribution >= 0.6 is 21.4 Å². The second-order valence-corrected chi connectivity index (χ2v) is 20.2. The van der Waals surface area contributed by atoms with E-state index in [1.165, 1.54) is 0 Å². The van der Waals surface area contributed by atoms with Gasteiger partial charge in [0.2, 0.25) is 0 Å². The highest BCUT2D eigenvalue weighted by Crippen LogP contribution is 2.65. The van der Waals surface area contributed by atoms with Crippen LogP contribution in [0.4, 0.5) is 22.7 Å². The van der Waals surface area contributed by atoms with Gasteiger partial charge in [-0.3, -0.25) is 0 Å². The number of hydrogen-bond acceptors (Lipinski definition) is 6. The van der Waals surface area contributed by atoms with Crippen LogP contribution in [0, 0.1) is 29.2 Å². The molecule has 2 unspecified atom stereocenters. The summed E-state index contributed by atoms with van der Waals surface area (Å²) in [5, 5.41) is 24.1. The van der Waals surface area contributed by atoms with Gasteiger partial charge in [0, 0.05) is 47.7 Å². The Morgan fingerprint density at radius 1 is 0.490 bits per heavy atom. The molecule has 0 bridgehead atoms. The number of benzene rings is 6. The van der Waals surface area contributed by atoms with E-state index in [2.05, 4.69) is 17.0 Å². The summed E-state index contributed by atoms with van der Waals surface area (Å²) < 4.78 is 48.8. The van der Waals surface area contributed by atoms with Crippen LogP contribution in [-0.4, -0.2) is 0 Å². The summed E-state index contributed by atoms with van der Waals surface area (Å²) in [5.74, 6) is 0. The standard InChI is InChI=1S/C39H21N4O3P3/c1-42-27-21-35-39-36(22-27)49(46,30-15-9-4-10-16-30)34-20-26(24-41)18-32-38(34)43(39)37-31(47(32,44)28-11-5-2-6-12-28)17-25(23-40)19-33(37)48(35,45)29-13-7-3-8-14-29/h2-22H. The van der Waals surface area contributed by atoms with E-state index >= 15 is 13.7 Å². The Labute approximate surface area is 282 Å². The molecule has 0 radical (unpaired) electrons. The molecule has 0 amide bonds. The van der Waals surface area contributed by atoms with Crippen molar-refractivity contribution in [3.05, 3.63) is 150 Å². The maximum atomic E-state index is 16.3. The molecule has 49 heavy (non-hydrogen) atoms. The van der Waals surface area contributed by atoms with Gasteiger partial charge in [0.05, 0.1) is 46.9 Å². The summed E-state index contributed by atoms with van der Waals surface area (Å²) in [6.07, 6.45) is 0. The van der Waals surface area contributed by atoms with Crippen molar-refractivity contribution < 1.29 is 13.7 Å². The van der Waals surface area contributed by atoms with Gasteiger partial charge in [-0.1, -0.05) is 91.0 Å². The van der Waals surface area contributed by atoms with Crippen molar-refractivity contribution in [2.75, 3.05) is 4.90 Å². The maximum absolute atomic E-state index is 16.3. The molecule has 3 heterocycles. The second kappa shape index (κ2) is 10.1. The van der Waals surface area contributed by atoms with Gasteiger partial charge >= 0.3 is 0 Å². The Balaban J connectivity index is 1.59. The van der Waals surface area contributed by atoms with Crippen molar-refractivity contribution in [1.82, 2.24) is 0 Å². The molecule has 0 saturated heterocycles. The summed E-state index contributed by atoms with van der Waals surface area (Å²) in [6.45, 7) is 8.09. The lowest BCUT2D eigenvalue weighted by atomic mass is 10.1. The summed E-state index contributed by atoms with van der Waals surface area (Å²) >= 11 is 0. The van der Waals surface area contributed by atoms with E-state index in [4.69, 9.17) is 6.57 Å². The van der Waals surface area contributed by atoms with Crippen molar-refractivity contribution in [3.8, 4) is 12.1 Å². The molecule has 6 aromatic carbocycles. The zero-order valence-corrected chi connectivity index (χ0v) is 28.2. The Bertz CT molecular complexity index is 2360. The zero-order chi connectivity index (χ0) is 33.7. The molecule has 9 rings (SSSR count). The number of nitrogens with zero attached hydrogens (tertiary/aromatic N) is 4. The molecule has 0 aromatic heterocycles. The van der Waals surface area contributed by atoms with Crippen LogP contribution in [0.25, 0.3) is 4.85 Å². The van der Waals surface area contributed by atoms with Gasteiger partial charge in [-0.2, -0.15) is 10.5 Å². The van der Waals surface area contributed by atoms with Crippen LogP contribution in [0.2, 0.25) is 0 Å². The number of anilines is 3. The topological polar surface area (TPSA) is 106 Å². The lowest BCUT2D eigenvalue weighted by Crippen LogP contribution is -2.53. The van der Waals surface area contributed by atoms with Crippen molar-refractivity contribution in [3.63, 3.8) is 0 Å². The molecular formula is C39H21N4O3P3. The molecule has 0 saturated carbocycles. The van der Waals surface area contributed by atoms with Crippen LogP contribution in [0.1, 0.15) is 11.1 Å². The first-order chi connectivity index (χ1) is 23.8. The molecule has 0 aliphatic carbocycles. The number of hydrogen-bond donors (Lipinski definition) is 0. The van der Waals surface area contributed by atoms with Gasteiger partial charge in [-0.05, 0) is 36.4 Å². The molecule has 10 heteroatoms. The zero-order valence-electron chi connectivity index (χ0n) is 25.5. The third-order valence-corrected chi connectivity index (χ3v) is 18.8. The quantitative estimate of drug-likeness (QED) is 0.184. The molecule has 3 aliphatic heterocycles. The van der Waals surface area contributed by atoms with E-state index in [0.29, 0.717) is 64.8 Å². The van der Waals surface area contributed by atoms with Crippen LogP contribution in [-0.2, 0) is 13.7 Å². The SMILES string of the molecule is [C-]#[N+]c1cc2c3c(c1)P(=O)(c1ccccc1)c1cc(C#N)cc4c1N3c1c(cc(C#N)cc1P2(=O)c1ccccc1)P4(=O)c1ccccc1. The average Bonchev–Trinajstić information content (AvgIpc) is 3.17. The second-order valence-electron chi connectivity index (χ2n) is 12.1. The molecule has 0 spiro atoms. The molecular weight excluding hydrogens is 665 g/mol. The Morgan fingerprint density at radius 3 is 1.04 bits per heavy atom. The van der Waals surface area contributed by atoms with E-state index in [-0.39, 0.29) is 16.8 Å². The molecule has 2 atom stereocenters. The van der Waals surface area contributed by atoms with E-state index in [9.17, 15) is 10.5 Å². The van der Waals surface area contributed by atoms with E-state index < -0.39 is 21.4 Å². The van der Waals surface area contributed by atoms with Crippen LogP contribution in [0.3, 0.4) is 0 Å². The normalized spacial score (nSPS) is 21.9. The molecule has 6 aromatic rings. The highest BCUT2D eigenvalue weighted by Gasteiger charge is 2.56. The fourth-order valence-corrected chi connectivity index (χ4v) is 17.1. The summed E-state index contributed by atoms with van der Waals surface area (Å²) in [5.41, 5.74) is 1.77. The van der Waals surface area contributed by atoms with Gasteiger partial charge in [0.15, 0.2) is 27.1 Å². The van der Waals surface area contributed by atoms with Crippen LogP contribution < -0.4 is 52.6 Å². The first-order valence-electron chi connectivity index (χ1n) is 15.3. The monoisotopic (exact) mass is 686 g/mol. The molecule has 0 fully saturated rings. The maximum Gasteiger partial charge on any atom is 0.188 e. The van der Waals surface area contributed by atoms with Crippen LogP contribution in [0.15, 0.2) is 127 Å². The summed E-state index contributed by atoms with van der Waals surface area (Å²) in [7, 11) is -11.8.